The second-order valence-corrected chi connectivity index (χ2v) is 9.84. The monoisotopic (exact) mass is 544 g/mol. The minimum atomic E-state index is -4.45. The topological polar surface area (TPSA) is 56.8 Å². The van der Waals surface area contributed by atoms with Crippen LogP contribution in [0.1, 0.15) is 28.8 Å². The number of carbonyl (C=O) groups is 1. The van der Waals surface area contributed by atoms with Crippen LogP contribution in [0, 0.1) is 0 Å². The van der Waals surface area contributed by atoms with Gasteiger partial charge in [0.25, 0.3) is 0 Å². The zero-order valence-corrected chi connectivity index (χ0v) is 21.3. The maximum Gasteiger partial charge on any atom is 0.416 e. The van der Waals surface area contributed by atoms with Crippen molar-refractivity contribution in [2.75, 3.05) is 39.3 Å². The van der Waals surface area contributed by atoms with E-state index in [1.54, 1.807) is 35.2 Å². The molecule has 0 saturated carbocycles. The van der Waals surface area contributed by atoms with Crippen LogP contribution in [-0.2, 0) is 6.18 Å². The van der Waals surface area contributed by atoms with Crippen LogP contribution in [0.4, 0.5) is 18.0 Å². The zero-order chi connectivity index (χ0) is 26.7. The highest BCUT2D eigenvalue weighted by Gasteiger charge is 2.37. The van der Waals surface area contributed by atoms with Gasteiger partial charge in [-0.15, -0.1) is 0 Å². The highest BCUT2D eigenvalue weighted by Crippen LogP contribution is 2.35. The summed E-state index contributed by atoms with van der Waals surface area (Å²) >= 11 is 5.95. The first-order valence-electron chi connectivity index (χ1n) is 12.5. The first-order chi connectivity index (χ1) is 18.3. The summed E-state index contributed by atoms with van der Waals surface area (Å²) < 4.78 is 46.0. The van der Waals surface area contributed by atoms with Crippen LogP contribution in [0.5, 0.6) is 11.5 Å². The normalized spacial score (nSPS) is 19.3. The lowest BCUT2D eigenvalue weighted by Gasteiger charge is -2.38. The molecule has 3 aromatic carbocycles. The molecule has 2 fully saturated rings. The molecular formula is C28H28ClF3N4O2. The number of ether oxygens (including phenoxy) is 1. The van der Waals surface area contributed by atoms with Gasteiger partial charge in [-0.1, -0.05) is 35.9 Å². The Balaban J connectivity index is 1.39. The van der Waals surface area contributed by atoms with Gasteiger partial charge >= 0.3 is 12.2 Å². The van der Waals surface area contributed by atoms with Crippen LogP contribution in [-0.4, -0.2) is 55.1 Å². The lowest BCUT2D eigenvalue weighted by molar-refractivity contribution is -0.137. The Hall–Kier alpha value is -3.27. The maximum atomic E-state index is 13.4. The SMILES string of the molecule is O=C1NCC(c2cccc(C(F)(F)F)c2)N1CC(c1ccc(Oc2ccc(Cl)cc2)cc1)N1CCNCC1. The van der Waals surface area contributed by atoms with Crippen LogP contribution >= 0.6 is 11.6 Å². The summed E-state index contributed by atoms with van der Waals surface area (Å²) in [5, 5.41) is 6.80. The van der Waals surface area contributed by atoms with E-state index in [1.807, 2.05) is 24.3 Å². The van der Waals surface area contributed by atoms with Gasteiger partial charge in [-0.3, -0.25) is 4.90 Å². The molecule has 2 saturated heterocycles. The van der Waals surface area contributed by atoms with Gasteiger partial charge in [0, 0.05) is 44.3 Å². The van der Waals surface area contributed by atoms with Crippen molar-refractivity contribution in [2.45, 2.75) is 18.3 Å². The molecule has 2 atom stereocenters. The largest absolute Gasteiger partial charge is 0.457 e. The molecule has 0 bridgehead atoms. The van der Waals surface area contributed by atoms with Gasteiger partial charge in [0.15, 0.2) is 0 Å². The van der Waals surface area contributed by atoms with Gasteiger partial charge in [-0.05, 0) is 59.7 Å². The van der Waals surface area contributed by atoms with Gasteiger partial charge in [0.1, 0.15) is 11.5 Å². The van der Waals surface area contributed by atoms with Crippen LogP contribution in [0.3, 0.4) is 0 Å². The molecule has 2 aliphatic rings. The summed E-state index contributed by atoms with van der Waals surface area (Å²) in [6, 6.07) is 19.1. The summed E-state index contributed by atoms with van der Waals surface area (Å²) in [4.78, 5) is 16.9. The van der Waals surface area contributed by atoms with E-state index in [4.69, 9.17) is 16.3 Å². The molecule has 0 aliphatic carbocycles. The van der Waals surface area contributed by atoms with Crippen molar-refractivity contribution < 1.29 is 22.7 Å². The number of benzene rings is 3. The van der Waals surface area contributed by atoms with E-state index in [0.29, 0.717) is 28.6 Å². The summed E-state index contributed by atoms with van der Waals surface area (Å²) in [6.07, 6.45) is -4.45. The number of alkyl halides is 3. The highest BCUT2D eigenvalue weighted by molar-refractivity contribution is 6.30. The average Bonchev–Trinajstić information content (AvgIpc) is 3.29. The van der Waals surface area contributed by atoms with Crippen LogP contribution in [0.25, 0.3) is 0 Å². The van der Waals surface area contributed by atoms with E-state index in [9.17, 15) is 18.0 Å². The molecule has 2 unspecified atom stereocenters. The Morgan fingerprint density at radius 3 is 2.29 bits per heavy atom. The van der Waals surface area contributed by atoms with E-state index in [1.165, 1.54) is 6.07 Å². The first kappa shape index (κ1) is 26.3. The van der Waals surface area contributed by atoms with Crippen molar-refractivity contribution in [3.05, 3.63) is 94.5 Å². The Bertz CT molecular complexity index is 1250. The fourth-order valence-corrected chi connectivity index (χ4v) is 5.10. The molecule has 0 spiro atoms. The number of nitrogens with one attached hydrogen (secondary N) is 2. The summed E-state index contributed by atoms with van der Waals surface area (Å²) in [5.74, 6) is 1.33. The van der Waals surface area contributed by atoms with E-state index in [2.05, 4.69) is 15.5 Å². The third-order valence-corrected chi connectivity index (χ3v) is 7.21. The maximum absolute atomic E-state index is 13.4. The van der Waals surface area contributed by atoms with Crippen molar-refractivity contribution in [1.82, 2.24) is 20.4 Å². The number of urea groups is 1. The Morgan fingerprint density at radius 1 is 0.974 bits per heavy atom. The van der Waals surface area contributed by atoms with Gasteiger partial charge in [0.05, 0.1) is 17.6 Å². The predicted octanol–water partition coefficient (Wildman–Crippen LogP) is 5.86. The van der Waals surface area contributed by atoms with Crippen molar-refractivity contribution in [3.63, 3.8) is 0 Å². The minimum Gasteiger partial charge on any atom is -0.457 e. The smallest absolute Gasteiger partial charge is 0.416 e. The van der Waals surface area contributed by atoms with Gasteiger partial charge < -0.3 is 20.3 Å². The highest BCUT2D eigenvalue weighted by atomic mass is 35.5. The first-order valence-corrected chi connectivity index (χ1v) is 12.9. The molecule has 2 heterocycles. The molecule has 3 aromatic rings. The number of carbonyl (C=O) groups excluding carboxylic acids is 1. The summed E-state index contributed by atoms with van der Waals surface area (Å²) in [5.41, 5.74) is 0.742. The second kappa shape index (κ2) is 11.2. The summed E-state index contributed by atoms with van der Waals surface area (Å²) in [6.45, 7) is 3.80. The number of halogens is 4. The third kappa shape index (κ3) is 6.06. The van der Waals surface area contributed by atoms with Gasteiger partial charge in [0.2, 0.25) is 0 Å². The van der Waals surface area contributed by atoms with E-state index >= 15 is 0 Å². The molecular weight excluding hydrogens is 517 g/mol. The van der Waals surface area contributed by atoms with E-state index < -0.39 is 17.8 Å². The number of nitrogens with zero attached hydrogens (tertiary/aromatic N) is 2. The van der Waals surface area contributed by atoms with Crippen molar-refractivity contribution in [3.8, 4) is 11.5 Å². The molecule has 10 heteroatoms. The number of rotatable bonds is 7. The summed E-state index contributed by atoms with van der Waals surface area (Å²) in [7, 11) is 0. The number of hydrogen-bond acceptors (Lipinski definition) is 4. The number of piperazine rings is 1. The predicted molar refractivity (Wildman–Crippen MR) is 139 cm³/mol. The lowest BCUT2D eigenvalue weighted by atomic mass is 10.00. The Morgan fingerprint density at radius 2 is 1.63 bits per heavy atom. The van der Waals surface area contributed by atoms with Crippen molar-refractivity contribution in [2.24, 2.45) is 0 Å². The molecule has 2 amide bonds. The molecule has 38 heavy (non-hydrogen) atoms. The fourth-order valence-electron chi connectivity index (χ4n) is 4.98. The van der Waals surface area contributed by atoms with Gasteiger partial charge in [-0.25, -0.2) is 4.79 Å². The van der Waals surface area contributed by atoms with E-state index in [-0.39, 0.29) is 18.6 Å². The molecule has 0 aromatic heterocycles. The van der Waals surface area contributed by atoms with Crippen molar-refractivity contribution in [1.29, 1.82) is 0 Å². The fraction of sp³-hybridized carbons (Fsp3) is 0.321. The minimum absolute atomic E-state index is 0.140. The van der Waals surface area contributed by atoms with Crippen LogP contribution in [0.2, 0.25) is 5.02 Å². The van der Waals surface area contributed by atoms with Crippen molar-refractivity contribution >= 4 is 17.6 Å². The number of hydrogen-bond donors (Lipinski definition) is 2. The molecule has 5 rings (SSSR count). The Labute approximate surface area is 224 Å². The number of amides is 2. The molecule has 0 radical (unpaired) electrons. The molecule has 200 valence electrons. The Kier molecular flexibility index (Phi) is 7.78. The molecule has 6 nitrogen and oxygen atoms in total. The molecule has 2 aliphatic heterocycles. The molecule has 2 N–H and O–H groups in total. The quantitative estimate of drug-likeness (QED) is 0.391. The second-order valence-electron chi connectivity index (χ2n) is 9.40. The lowest BCUT2D eigenvalue weighted by Crippen LogP contribution is -2.48. The van der Waals surface area contributed by atoms with E-state index in [0.717, 1.165) is 43.9 Å². The average molecular weight is 545 g/mol. The zero-order valence-electron chi connectivity index (χ0n) is 20.5. The third-order valence-electron chi connectivity index (χ3n) is 6.96. The van der Waals surface area contributed by atoms with Crippen LogP contribution < -0.4 is 15.4 Å². The van der Waals surface area contributed by atoms with Crippen LogP contribution in [0.15, 0.2) is 72.8 Å². The van der Waals surface area contributed by atoms with Gasteiger partial charge in [-0.2, -0.15) is 13.2 Å². The standard InChI is InChI=1S/C28H28ClF3N4O2/c29-22-6-10-24(11-7-22)38-23-8-4-19(5-9-23)26(35-14-12-33-13-15-35)18-36-25(17-34-27(36)37)20-2-1-3-21(16-20)28(30,31)32/h1-11,16,25-26,33H,12-15,17-18H2,(H,34,37).